The first-order valence-electron chi connectivity index (χ1n) is 14.4. The minimum absolute atomic E-state index is 0.0240. The second-order valence-corrected chi connectivity index (χ2v) is 11.8. The van der Waals surface area contributed by atoms with Gasteiger partial charge in [0.2, 0.25) is 15.9 Å². The first-order valence-corrected chi connectivity index (χ1v) is 15.8. The van der Waals surface area contributed by atoms with Crippen molar-refractivity contribution in [1.29, 1.82) is 0 Å². The standard InChI is InChI=1S/C30H45N3O9S/c1-24(2)29(30(35)36)33(43(37,38)27-10-8-26(9-11-27)25-6-4-3-5-7-25)15-14-32-28(34)12-16-39-18-20-41-22-23-42-21-19-40-17-13-31/h3-11,24,29H,12-23,31H2,1-2H3,(H,32,34)(H,35,36)/t29-/m0/s1. The average Bonchev–Trinajstić information content (AvgIpc) is 2.99. The summed E-state index contributed by atoms with van der Waals surface area (Å²) in [6.45, 7) is 6.60. The molecule has 0 saturated carbocycles. The molecule has 0 saturated heterocycles. The Bertz CT molecular complexity index is 1180. The van der Waals surface area contributed by atoms with Gasteiger partial charge in [0.15, 0.2) is 0 Å². The van der Waals surface area contributed by atoms with Gasteiger partial charge in [-0.05, 0) is 29.2 Å². The van der Waals surface area contributed by atoms with E-state index in [1.54, 1.807) is 26.0 Å². The van der Waals surface area contributed by atoms with Gasteiger partial charge in [-0.3, -0.25) is 9.59 Å². The molecule has 1 amide bonds. The van der Waals surface area contributed by atoms with E-state index in [1.807, 2.05) is 30.3 Å². The van der Waals surface area contributed by atoms with Crippen LogP contribution in [0.5, 0.6) is 0 Å². The third kappa shape index (κ3) is 13.1. The summed E-state index contributed by atoms with van der Waals surface area (Å²) < 4.78 is 49.5. The lowest BCUT2D eigenvalue weighted by molar-refractivity contribution is -0.142. The summed E-state index contributed by atoms with van der Waals surface area (Å²) in [4.78, 5) is 24.4. The highest BCUT2D eigenvalue weighted by molar-refractivity contribution is 7.89. The smallest absolute Gasteiger partial charge is 0.322 e. The van der Waals surface area contributed by atoms with Crippen LogP contribution in [0.3, 0.4) is 0 Å². The van der Waals surface area contributed by atoms with Crippen LogP contribution in [0.4, 0.5) is 0 Å². The lowest BCUT2D eigenvalue weighted by Gasteiger charge is -2.30. The Morgan fingerprint density at radius 2 is 1.33 bits per heavy atom. The SMILES string of the molecule is CC(C)[C@@H](C(=O)O)N(CCNC(=O)CCOCCOCCOCCOCCN)S(=O)(=O)c1ccc(-c2ccccc2)cc1. The van der Waals surface area contributed by atoms with Gasteiger partial charge in [-0.25, -0.2) is 8.42 Å². The number of nitrogens with zero attached hydrogens (tertiary/aromatic N) is 1. The zero-order valence-corrected chi connectivity index (χ0v) is 25.8. The predicted octanol–water partition coefficient (Wildman–Crippen LogP) is 1.98. The number of carboxylic acid groups (broad SMARTS) is 1. The molecule has 4 N–H and O–H groups in total. The van der Waals surface area contributed by atoms with Crippen molar-refractivity contribution in [3.63, 3.8) is 0 Å². The second kappa shape index (κ2) is 20.1. The van der Waals surface area contributed by atoms with E-state index in [0.29, 0.717) is 52.8 Å². The van der Waals surface area contributed by atoms with E-state index in [9.17, 15) is 23.1 Å². The fourth-order valence-electron chi connectivity index (χ4n) is 4.14. The van der Waals surface area contributed by atoms with Gasteiger partial charge in [0, 0.05) is 26.1 Å². The van der Waals surface area contributed by atoms with Gasteiger partial charge in [0.25, 0.3) is 0 Å². The van der Waals surface area contributed by atoms with E-state index in [0.717, 1.165) is 15.4 Å². The zero-order valence-electron chi connectivity index (χ0n) is 25.0. The van der Waals surface area contributed by atoms with Crippen LogP contribution in [0.2, 0.25) is 0 Å². The number of aliphatic carboxylic acids is 1. The van der Waals surface area contributed by atoms with Gasteiger partial charge in [0.05, 0.1) is 57.8 Å². The van der Waals surface area contributed by atoms with Crippen LogP contribution in [-0.4, -0.2) is 108 Å². The van der Waals surface area contributed by atoms with Gasteiger partial charge in [0.1, 0.15) is 6.04 Å². The fraction of sp³-hybridized carbons (Fsp3) is 0.533. The molecule has 2 aromatic carbocycles. The molecule has 13 heteroatoms. The highest BCUT2D eigenvalue weighted by Crippen LogP contribution is 2.25. The number of rotatable bonds is 23. The Morgan fingerprint density at radius 3 is 1.84 bits per heavy atom. The van der Waals surface area contributed by atoms with E-state index in [-0.39, 0.29) is 36.9 Å². The second-order valence-electron chi connectivity index (χ2n) is 9.87. The maximum atomic E-state index is 13.6. The van der Waals surface area contributed by atoms with Crippen molar-refractivity contribution in [2.45, 2.75) is 31.2 Å². The molecule has 12 nitrogen and oxygen atoms in total. The molecule has 43 heavy (non-hydrogen) atoms. The van der Waals surface area contributed by atoms with E-state index < -0.39 is 28.0 Å². The Morgan fingerprint density at radius 1 is 0.814 bits per heavy atom. The van der Waals surface area contributed by atoms with Crippen LogP contribution in [0.25, 0.3) is 11.1 Å². The summed E-state index contributed by atoms with van der Waals surface area (Å²) >= 11 is 0. The van der Waals surface area contributed by atoms with E-state index in [1.165, 1.54) is 12.1 Å². The van der Waals surface area contributed by atoms with Crippen molar-refractivity contribution < 1.29 is 42.1 Å². The molecule has 240 valence electrons. The van der Waals surface area contributed by atoms with Crippen molar-refractivity contribution in [2.75, 3.05) is 72.5 Å². The van der Waals surface area contributed by atoms with Crippen LogP contribution < -0.4 is 11.1 Å². The van der Waals surface area contributed by atoms with Gasteiger partial charge >= 0.3 is 5.97 Å². The highest BCUT2D eigenvalue weighted by Gasteiger charge is 2.37. The minimum Gasteiger partial charge on any atom is -0.480 e. The number of nitrogens with one attached hydrogen (secondary N) is 1. The van der Waals surface area contributed by atoms with Gasteiger partial charge in [-0.15, -0.1) is 0 Å². The summed E-state index contributed by atoms with van der Waals surface area (Å²) in [5.41, 5.74) is 7.09. The summed E-state index contributed by atoms with van der Waals surface area (Å²) in [5, 5.41) is 12.5. The summed E-state index contributed by atoms with van der Waals surface area (Å²) in [5.74, 6) is -2.11. The molecular weight excluding hydrogens is 578 g/mol. The third-order valence-corrected chi connectivity index (χ3v) is 8.16. The number of carboxylic acids is 1. The maximum Gasteiger partial charge on any atom is 0.322 e. The largest absolute Gasteiger partial charge is 0.480 e. The third-order valence-electron chi connectivity index (χ3n) is 6.27. The molecule has 0 bridgehead atoms. The lowest BCUT2D eigenvalue weighted by atomic mass is 10.1. The van der Waals surface area contributed by atoms with Crippen molar-refractivity contribution >= 4 is 21.9 Å². The lowest BCUT2D eigenvalue weighted by Crippen LogP contribution is -2.50. The molecule has 1 atom stereocenters. The maximum absolute atomic E-state index is 13.6. The van der Waals surface area contributed by atoms with E-state index in [2.05, 4.69) is 5.32 Å². The summed E-state index contributed by atoms with van der Waals surface area (Å²) in [6.07, 6.45) is 0.0617. The minimum atomic E-state index is -4.19. The number of amides is 1. The zero-order chi connectivity index (χ0) is 31.5. The highest BCUT2D eigenvalue weighted by atomic mass is 32.2. The molecule has 0 spiro atoms. The Kier molecular flexibility index (Phi) is 17.0. The summed E-state index contributed by atoms with van der Waals surface area (Å²) in [6, 6.07) is 14.5. The quantitative estimate of drug-likeness (QED) is 0.156. The molecule has 2 rings (SSSR count). The average molecular weight is 624 g/mol. The van der Waals surface area contributed by atoms with E-state index in [4.69, 9.17) is 24.7 Å². The number of ether oxygens (including phenoxy) is 4. The number of hydrogen-bond acceptors (Lipinski definition) is 9. The van der Waals surface area contributed by atoms with Crippen LogP contribution >= 0.6 is 0 Å². The Labute approximate surface area is 254 Å². The number of benzene rings is 2. The number of hydrogen-bond donors (Lipinski definition) is 3. The van der Waals surface area contributed by atoms with Crippen LogP contribution in [-0.2, 0) is 38.6 Å². The van der Waals surface area contributed by atoms with Crippen LogP contribution in [0, 0.1) is 5.92 Å². The van der Waals surface area contributed by atoms with Crippen molar-refractivity contribution in [3.05, 3.63) is 54.6 Å². The molecule has 0 unspecified atom stereocenters. The van der Waals surface area contributed by atoms with Gasteiger partial charge in [-0.1, -0.05) is 56.3 Å². The van der Waals surface area contributed by atoms with Crippen molar-refractivity contribution in [2.24, 2.45) is 11.7 Å². The Balaban J connectivity index is 1.81. The summed E-state index contributed by atoms with van der Waals surface area (Å²) in [7, 11) is -4.19. The van der Waals surface area contributed by atoms with E-state index >= 15 is 0 Å². The predicted molar refractivity (Wildman–Crippen MR) is 162 cm³/mol. The number of sulfonamides is 1. The van der Waals surface area contributed by atoms with Crippen LogP contribution in [0.15, 0.2) is 59.5 Å². The van der Waals surface area contributed by atoms with Crippen molar-refractivity contribution in [1.82, 2.24) is 9.62 Å². The normalized spacial score (nSPS) is 12.5. The molecule has 0 aromatic heterocycles. The number of nitrogens with two attached hydrogens (primary N) is 1. The molecule has 0 aliphatic carbocycles. The van der Waals surface area contributed by atoms with Crippen LogP contribution in [0.1, 0.15) is 20.3 Å². The number of carbonyl (C=O) groups is 2. The molecule has 0 heterocycles. The topological polar surface area (TPSA) is 167 Å². The Hall–Kier alpha value is -2.91. The fourth-order valence-corrected chi connectivity index (χ4v) is 5.85. The first kappa shape index (κ1) is 36.3. The molecule has 0 radical (unpaired) electrons. The number of carbonyl (C=O) groups excluding carboxylic acids is 1. The molecule has 2 aromatic rings. The van der Waals surface area contributed by atoms with Crippen molar-refractivity contribution in [3.8, 4) is 11.1 Å². The molecule has 0 aliphatic rings. The molecular formula is C30H45N3O9S. The van der Waals surface area contributed by atoms with Gasteiger partial charge in [-0.2, -0.15) is 4.31 Å². The molecule has 0 fully saturated rings. The van der Waals surface area contributed by atoms with Gasteiger partial charge < -0.3 is 35.1 Å². The first-order chi connectivity index (χ1) is 20.7. The monoisotopic (exact) mass is 623 g/mol. The molecule has 0 aliphatic heterocycles.